The van der Waals surface area contributed by atoms with E-state index in [1.54, 1.807) is 6.20 Å². The summed E-state index contributed by atoms with van der Waals surface area (Å²) < 4.78 is 1.04. The molecule has 0 atom stereocenters. The molecule has 0 amide bonds. The van der Waals surface area contributed by atoms with E-state index in [2.05, 4.69) is 33.1 Å². The Kier molecular flexibility index (Phi) is 6.34. The molecule has 0 aliphatic carbocycles. The number of nitrogens with zero attached hydrogens (tertiary/aromatic N) is 1. The number of aliphatic carboxylic acids is 1. The van der Waals surface area contributed by atoms with Crippen LogP contribution in [-0.2, 0) is 4.79 Å². The van der Waals surface area contributed by atoms with Gasteiger partial charge in [0, 0.05) is 28.9 Å². The van der Waals surface area contributed by atoms with Crippen LogP contribution < -0.4 is 0 Å². The van der Waals surface area contributed by atoms with Crippen molar-refractivity contribution < 1.29 is 9.90 Å². The fourth-order valence-corrected chi connectivity index (χ4v) is 2.75. The largest absolute Gasteiger partial charge is 0.481 e. The highest BCUT2D eigenvalue weighted by Crippen LogP contribution is 2.29. The number of benzene rings is 1. The lowest BCUT2D eigenvalue weighted by Gasteiger charge is -2.10. The molecular weight excluding hydrogens is 342 g/mol. The van der Waals surface area contributed by atoms with Gasteiger partial charge in [-0.3, -0.25) is 9.78 Å². The number of unbranched alkanes of at least 4 members (excludes halogenated alkanes) is 2. The van der Waals surface area contributed by atoms with Gasteiger partial charge in [0.05, 0.1) is 0 Å². The van der Waals surface area contributed by atoms with E-state index in [0.717, 1.165) is 34.0 Å². The van der Waals surface area contributed by atoms with Crippen LogP contribution >= 0.6 is 15.9 Å². The Hall–Kier alpha value is -1.94. The van der Waals surface area contributed by atoms with Crippen molar-refractivity contribution in [1.82, 2.24) is 4.98 Å². The van der Waals surface area contributed by atoms with Crippen LogP contribution in [0.2, 0.25) is 0 Å². The number of hydrogen-bond acceptors (Lipinski definition) is 2. The summed E-state index contributed by atoms with van der Waals surface area (Å²) in [5, 5.41) is 8.68. The molecule has 0 radical (unpaired) electrons. The van der Waals surface area contributed by atoms with Gasteiger partial charge in [0.2, 0.25) is 0 Å². The average molecular weight is 360 g/mol. The second-order valence-electron chi connectivity index (χ2n) is 4.98. The van der Waals surface area contributed by atoms with Crippen molar-refractivity contribution in [3.63, 3.8) is 0 Å². The summed E-state index contributed by atoms with van der Waals surface area (Å²) in [5.74, 6) is -0.734. The van der Waals surface area contributed by atoms with E-state index >= 15 is 0 Å². The quantitative estimate of drug-likeness (QED) is 0.713. The van der Waals surface area contributed by atoms with Gasteiger partial charge in [0.15, 0.2) is 0 Å². The standard InChI is InChI=1S/C18H18BrNO2/c19-17-10-5-4-9-16(17)15(14-7-6-12-20-13-14)8-2-1-3-11-18(21)22/h4-10,12-13H,1-3,11H2,(H,21,22)/b15-8+. The number of allylic oxidation sites excluding steroid dienone is 1. The molecule has 22 heavy (non-hydrogen) atoms. The molecular formula is C18H18BrNO2. The van der Waals surface area contributed by atoms with E-state index in [0.29, 0.717) is 6.42 Å². The minimum absolute atomic E-state index is 0.227. The molecule has 114 valence electrons. The van der Waals surface area contributed by atoms with E-state index in [9.17, 15) is 4.79 Å². The van der Waals surface area contributed by atoms with Crippen LogP contribution in [0.15, 0.2) is 59.3 Å². The van der Waals surface area contributed by atoms with E-state index in [1.165, 1.54) is 0 Å². The Bertz CT molecular complexity index is 653. The van der Waals surface area contributed by atoms with E-state index < -0.39 is 5.97 Å². The number of carboxylic acids is 1. The second-order valence-corrected chi connectivity index (χ2v) is 5.83. The molecule has 1 heterocycles. The van der Waals surface area contributed by atoms with Crippen LogP contribution in [0.25, 0.3) is 5.57 Å². The average Bonchev–Trinajstić information content (AvgIpc) is 2.52. The Labute approximate surface area is 138 Å². The molecule has 0 aliphatic rings. The lowest BCUT2D eigenvalue weighted by Crippen LogP contribution is -1.94. The molecule has 0 saturated heterocycles. The highest BCUT2D eigenvalue weighted by atomic mass is 79.9. The number of carboxylic acid groups (broad SMARTS) is 1. The molecule has 0 saturated carbocycles. The van der Waals surface area contributed by atoms with Gasteiger partial charge in [-0.2, -0.15) is 0 Å². The zero-order valence-electron chi connectivity index (χ0n) is 12.2. The predicted octanol–water partition coefficient (Wildman–Crippen LogP) is 4.92. The third-order valence-corrected chi connectivity index (χ3v) is 4.02. The Morgan fingerprint density at radius 1 is 1.18 bits per heavy atom. The summed E-state index contributed by atoms with van der Waals surface area (Å²) in [5.41, 5.74) is 3.30. The summed E-state index contributed by atoms with van der Waals surface area (Å²) >= 11 is 3.60. The van der Waals surface area contributed by atoms with Gasteiger partial charge in [0.1, 0.15) is 0 Å². The van der Waals surface area contributed by atoms with Crippen molar-refractivity contribution in [2.24, 2.45) is 0 Å². The van der Waals surface area contributed by atoms with E-state index in [-0.39, 0.29) is 6.42 Å². The van der Waals surface area contributed by atoms with Crippen LogP contribution in [0.3, 0.4) is 0 Å². The van der Waals surface area contributed by atoms with Crippen molar-refractivity contribution in [1.29, 1.82) is 0 Å². The molecule has 0 fully saturated rings. The predicted molar refractivity (Wildman–Crippen MR) is 91.6 cm³/mol. The minimum Gasteiger partial charge on any atom is -0.481 e. The van der Waals surface area contributed by atoms with Crippen LogP contribution in [-0.4, -0.2) is 16.1 Å². The maximum atomic E-state index is 10.6. The summed E-state index contributed by atoms with van der Waals surface area (Å²) in [6.07, 6.45) is 8.40. The van der Waals surface area contributed by atoms with E-state index in [1.807, 2.05) is 36.5 Å². The molecule has 4 heteroatoms. The summed E-state index contributed by atoms with van der Waals surface area (Å²) in [4.78, 5) is 14.7. The Morgan fingerprint density at radius 3 is 2.68 bits per heavy atom. The number of carbonyl (C=O) groups is 1. The molecule has 1 aromatic heterocycles. The van der Waals surface area contributed by atoms with Gasteiger partial charge in [-0.05, 0) is 42.5 Å². The first-order valence-electron chi connectivity index (χ1n) is 7.25. The fourth-order valence-electron chi connectivity index (χ4n) is 2.25. The highest BCUT2D eigenvalue weighted by Gasteiger charge is 2.08. The molecule has 0 spiro atoms. The third-order valence-electron chi connectivity index (χ3n) is 3.33. The number of halogens is 1. The van der Waals surface area contributed by atoms with Crippen LogP contribution in [0.5, 0.6) is 0 Å². The van der Waals surface area contributed by atoms with Gasteiger partial charge in [-0.15, -0.1) is 0 Å². The lowest BCUT2D eigenvalue weighted by atomic mass is 9.97. The van der Waals surface area contributed by atoms with Crippen molar-refractivity contribution in [2.45, 2.75) is 25.7 Å². The van der Waals surface area contributed by atoms with Crippen molar-refractivity contribution in [3.8, 4) is 0 Å². The van der Waals surface area contributed by atoms with Gasteiger partial charge in [-0.1, -0.05) is 46.3 Å². The molecule has 1 aromatic carbocycles. The number of hydrogen-bond donors (Lipinski definition) is 1. The maximum Gasteiger partial charge on any atom is 0.303 e. The minimum atomic E-state index is -0.734. The van der Waals surface area contributed by atoms with Gasteiger partial charge >= 0.3 is 5.97 Å². The van der Waals surface area contributed by atoms with Crippen LogP contribution in [0, 0.1) is 0 Å². The molecule has 0 aliphatic heterocycles. The third kappa shape index (κ3) is 4.81. The highest BCUT2D eigenvalue weighted by molar-refractivity contribution is 9.10. The smallest absolute Gasteiger partial charge is 0.303 e. The zero-order chi connectivity index (χ0) is 15.8. The summed E-state index contributed by atoms with van der Waals surface area (Å²) in [6.45, 7) is 0. The first-order valence-corrected chi connectivity index (χ1v) is 8.05. The SMILES string of the molecule is O=C(O)CCCC/C=C(\c1cccnc1)c1ccccc1Br. The zero-order valence-corrected chi connectivity index (χ0v) is 13.8. The molecule has 3 nitrogen and oxygen atoms in total. The number of aromatic nitrogens is 1. The van der Waals surface area contributed by atoms with Crippen molar-refractivity contribution in [3.05, 3.63) is 70.5 Å². The first kappa shape index (κ1) is 16.4. The van der Waals surface area contributed by atoms with E-state index in [4.69, 9.17) is 5.11 Å². The first-order chi connectivity index (χ1) is 10.7. The molecule has 2 rings (SSSR count). The normalized spacial score (nSPS) is 11.4. The van der Waals surface area contributed by atoms with Crippen molar-refractivity contribution in [2.75, 3.05) is 0 Å². The van der Waals surface area contributed by atoms with Gasteiger partial charge in [0.25, 0.3) is 0 Å². The van der Waals surface area contributed by atoms with Crippen LogP contribution in [0.1, 0.15) is 36.8 Å². The topological polar surface area (TPSA) is 50.2 Å². The maximum absolute atomic E-state index is 10.6. The lowest BCUT2D eigenvalue weighted by molar-refractivity contribution is -0.137. The second kappa shape index (κ2) is 8.49. The molecule has 0 unspecified atom stereocenters. The van der Waals surface area contributed by atoms with Gasteiger partial charge < -0.3 is 5.11 Å². The number of pyridine rings is 1. The Morgan fingerprint density at radius 2 is 2.00 bits per heavy atom. The summed E-state index contributed by atoms with van der Waals surface area (Å²) in [7, 11) is 0. The summed E-state index contributed by atoms with van der Waals surface area (Å²) in [6, 6.07) is 12.0. The molecule has 2 aromatic rings. The van der Waals surface area contributed by atoms with Crippen molar-refractivity contribution >= 4 is 27.5 Å². The monoisotopic (exact) mass is 359 g/mol. The number of rotatable bonds is 7. The van der Waals surface area contributed by atoms with Gasteiger partial charge in [-0.25, -0.2) is 0 Å². The molecule has 1 N–H and O–H groups in total. The fraction of sp³-hybridized carbons (Fsp3) is 0.222. The van der Waals surface area contributed by atoms with Crippen LogP contribution in [0.4, 0.5) is 0 Å². The molecule has 0 bridgehead atoms. The Balaban J connectivity index is 2.20.